The van der Waals surface area contributed by atoms with Gasteiger partial charge in [0.05, 0.1) is 24.9 Å². The average molecular weight is 538 g/mol. The van der Waals surface area contributed by atoms with E-state index in [9.17, 15) is 4.79 Å². The van der Waals surface area contributed by atoms with Gasteiger partial charge in [-0.25, -0.2) is 9.78 Å². The average Bonchev–Trinajstić information content (AvgIpc) is 3.31. The number of aliphatic imine (C=N–C) groups is 1. The van der Waals surface area contributed by atoms with Crippen LogP contribution in [0.1, 0.15) is 72.9 Å². The normalized spacial score (nSPS) is 15.9. The number of ether oxygens (including phenoxy) is 1. The number of guanidine groups is 1. The first-order valence-corrected chi connectivity index (χ1v) is 11.2. The zero-order chi connectivity index (χ0) is 20.5. The second kappa shape index (κ2) is 13.4. The molecule has 0 spiro atoms. The molecular weight excluding hydrogens is 501 g/mol. The number of halogens is 1. The number of hydrogen-bond acceptors (Lipinski definition) is 6. The second-order valence-corrected chi connectivity index (χ2v) is 8.26. The van der Waals surface area contributed by atoms with E-state index in [4.69, 9.17) is 9.73 Å². The van der Waals surface area contributed by atoms with Gasteiger partial charge in [0, 0.05) is 19.1 Å². The predicted octanol–water partition coefficient (Wildman–Crippen LogP) is 3.74. The number of hydrogen-bond donors (Lipinski definition) is 2. The summed E-state index contributed by atoms with van der Waals surface area (Å²) in [4.78, 5) is 24.3. The molecule has 1 saturated carbocycles. The molecule has 1 unspecified atom stereocenters. The Kier molecular flexibility index (Phi) is 12.0. The number of thiazole rings is 1. The topological polar surface area (TPSA) is 78.9 Å². The Morgan fingerprint density at radius 3 is 2.69 bits per heavy atom. The van der Waals surface area contributed by atoms with Crippen molar-refractivity contribution < 1.29 is 9.53 Å². The minimum atomic E-state index is -0.300. The lowest BCUT2D eigenvalue weighted by Crippen LogP contribution is -2.39. The van der Waals surface area contributed by atoms with Crippen LogP contribution in [0.2, 0.25) is 0 Å². The van der Waals surface area contributed by atoms with Crippen LogP contribution in [-0.2, 0) is 4.74 Å². The van der Waals surface area contributed by atoms with Crippen LogP contribution in [0.3, 0.4) is 0 Å². The van der Waals surface area contributed by atoms with Crippen LogP contribution in [0.15, 0.2) is 4.99 Å². The van der Waals surface area contributed by atoms with Gasteiger partial charge >= 0.3 is 5.97 Å². The fourth-order valence-corrected chi connectivity index (χ4v) is 4.39. The van der Waals surface area contributed by atoms with Gasteiger partial charge in [-0.2, -0.15) is 0 Å². The Morgan fingerprint density at radius 2 is 2.07 bits per heavy atom. The molecule has 0 radical (unpaired) electrons. The third-order valence-electron chi connectivity index (χ3n) is 5.01. The highest BCUT2D eigenvalue weighted by Crippen LogP contribution is 2.24. The van der Waals surface area contributed by atoms with Crippen molar-refractivity contribution in [3.05, 3.63) is 15.6 Å². The van der Waals surface area contributed by atoms with Gasteiger partial charge in [-0.1, -0.05) is 12.8 Å². The molecule has 0 amide bonds. The van der Waals surface area contributed by atoms with Crippen LogP contribution in [0.4, 0.5) is 0 Å². The fourth-order valence-electron chi connectivity index (χ4n) is 3.42. The van der Waals surface area contributed by atoms with Gasteiger partial charge in [0.25, 0.3) is 0 Å². The number of likely N-dealkylation sites (N-methyl/N-ethyl adjacent to an activating group) is 1. The maximum atomic E-state index is 12.0. The van der Waals surface area contributed by atoms with Crippen LogP contribution in [-0.4, -0.2) is 61.1 Å². The maximum absolute atomic E-state index is 12.0. The molecule has 166 valence electrons. The van der Waals surface area contributed by atoms with Gasteiger partial charge in [0.15, 0.2) is 5.96 Å². The quantitative estimate of drug-likeness (QED) is 0.216. The molecule has 1 aromatic heterocycles. The van der Waals surface area contributed by atoms with Gasteiger partial charge in [-0.05, 0) is 47.6 Å². The molecule has 0 bridgehead atoms. The summed E-state index contributed by atoms with van der Waals surface area (Å²) in [6.45, 7) is 10.6. The van der Waals surface area contributed by atoms with E-state index in [0.717, 1.165) is 30.6 Å². The van der Waals surface area contributed by atoms with E-state index in [2.05, 4.69) is 34.5 Å². The maximum Gasteiger partial charge on any atom is 0.350 e. The highest BCUT2D eigenvalue weighted by molar-refractivity contribution is 14.0. The van der Waals surface area contributed by atoms with E-state index in [1.165, 1.54) is 37.0 Å². The van der Waals surface area contributed by atoms with Crippen molar-refractivity contribution in [2.75, 3.05) is 33.3 Å². The fraction of sp³-hybridized carbons (Fsp3) is 0.750. The van der Waals surface area contributed by atoms with Crippen LogP contribution < -0.4 is 10.6 Å². The number of aryl methyl sites for hydroxylation is 1. The van der Waals surface area contributed by atoms with Crippen molar-refractivity contribution in [1.82, 2.24) is 20.5 Å². The van der Waals surface area contributed by atoms with E-state index in [-0.39, 0.29) is 36.0 Å². The molecule has 1 fully saturated rings. The van der Waals surface area contributed by atoms with Gasteiger partial charge in [0.2, 0.25) is 0 Å². The molecule has 9 heteroatoms. The lowest BCUT2D eigenvalue weighted by molar-refractivity contribution is 0.0531. The number of aromatic nitrogens is 1. The molecule has 0 aromatic carbocycles. The van der Waals surface area contributed by atoms with Crippen LogP contribution in [0.5, 0.6) is 0 Å². The minimum absolute atomic E-state index is 0. The van der Waals surface area contributed by atoms with Crippen molar-refractivity contribution in [3.63, 3.8) is 0 Å². The van der Waals surface area contributed by atoms with Crippen molar-refractivity contribution in [3.8, 4) is 0 Å². The summed E-state index contributed by atoms with van der Waals surface area (Å²) < 4.78 is 5.11. The molecule has 1 aromatic rings. The number of esters is 1. The number of rotatable bonds is 9. The summed E-state index contributed by atoms with van der Waals surface area (Å²) in [7, 11) is 2.20. The number of nitrogens with one attached hydrogen (secondary N) is 2. The van der Waals surface area contributed by atoms with Crippen molar-refractivity contribution in [1.29, 1.82) is 0 Å². The van der Waals surface area contributed by atoms with Crippen LogP contribution in [0, 0.1) is 6.92 Å². The zero-order valence-electron chi connectivity index (χ0n) is 18.3. The molecular formula is C20H36IN5O2S. The largest absolute Gasteiger partial charge is 0.462 e. The van der Waals surface area contributed by atoms with Crippen LogP contribution in [0.25, 0.3) is 0 Å². The Hall–Kier alpha value is -0.940. The van der Waals surface area contributed by atoms with E-state index in [0.29, 0.717) is 23.2 Å². The molecule has 0 aliphatic heterocycles. The Bertz CT molecular complexity index is 661. The van der Waals surface area contributed by atoms with Gasteiger partial charge in [-0.15, -0.1) is 35.3 Å². The van der Waals surface area contributed by atoms with Crippen LogP contribution >= 0.6 is 35.3 Å². The first kappa shape index (κ1) is 26.1. The molecule has 7 nitrogen and oxygen atoms in total. The Balaban J connectivity index is 0.00000420. The summed E-state index contributed by atoms with van der Waals surface area (Å²) in [5.74, 6) is 0.479. The van der Waals surface area contributed by atoms with Crippen molar-refractivity contribution >= 4 is 47.2 Å². The van der Waals surface area contributed by atoms with Gasteiger partial charge in [-0.3, -0.25) is 4.99 Å². The first-order chi connectivity index (χ1) is 13.5. The Morgan fingerprint density at radius 1 is 1.38 bits per heavy atom. The Labute approximate surface area is 196 Å². The third-order valence-corrected chi connectivity index (χ3v) is 6.33. The monoisotopic (exact) mass is 537 g/mol. The van der Waals surface area contributed by atoms with E-state index in [1.807, 2.05) is 20.8 Å². The summed E-state index contributed by atoms with van der Waals surface area (Å²) in [5, 5.41) is 7.56. The number of nitrogens with zero attached hydrogens (tertiary/aromatic N) is 3. The molecule has 2 rings (SSSR count). The molecule has 1 heterocycles. The van der Waals surface area contributed by atoms with Crippen molar-refractivity contribution in [2.24, 2.45) is 4.99 Å². The molecule has 1 atom stereocenters. The second-order valence-electron chi connectivity index (χ2n) is 7.23. The van der Waals surface area contributed by atoms with E-state index < -0.39 is 0 Å². The molecule has 2 N–H and O–H groups in total. The standard InChI is InChI=1S/C20H35N5O2S.HI/c1-6-21-20(22-12-13-25(5)16-10-8-9-11-16)24-15(4)18-23-14(3)17(28-18)19(26)27-7-2;/h15-16H,6-13H2,1-5H3,(H2,21,22,24);1H. The third kappa shape index (κ3) is 8.01. The predicted molar refractivity (Wildman–Crippen MR) is 131 cm³/mol. The van der Waals surface area contributed by atoms with Gasteiger partial charge < -0.3 is 20.3 Å². The lowest BCUT2D eigenvalue weighted by Gasteiger charge is -2.23. The van der Waals surface area contributed by atoms with E-state index in [1.54, 1.807) is 0 Å². The SMILES string of the molecule is CCNC(=NCCN(C)C1CCCC1)NC(C)c1nc(C)c(C(=O)OCC)s1.I. The van der Waals surface area contributed by atoms with E-state index >= 15 is 0 Å². The molecule has 29 heavy (non-hydrogen) atoms. The zero-order valence-corrected chi connectivity index (χ0v) is 21.4. The smallest absolute Gasteiger partial charge is 0.350 e. The molecule has 1 aliphatic carbocycles. The minimum Gasteiger partial charge on any atom is -0.462 e. The number of carbonyl (C=O) groups excluding carboxylic acids is 1. The summed E-state index contributed by atoms with van der Waals surface area (Å²) >= 11 is 1.38. The summed E-state index contributed by atoms with van der Waals surface area (Å²) in [6, 6.07) is 0.668. The van der Waals surface area contributed by atoms with Crippen molar-refractivity contribution in [2.45, 2.75) is 65.5 Å². The molecule has 1 aliphatic rings. The van der Waals surface area contributed by atoms with Gasteiger partial charge in [0.1, 0.15) is 9.88 Å². The highest BCUT2D eigenvalue weighted by atomic mass is 127. The first-order valence-electron chi connectivity index (χ1n) is 10.4. The summed E-state index contributed by atoms with van der Waals surface area (Å²) in [6.07, 6.45) is 5.31. The summed E-state index contributed by atoms with van der Waals surface area (Å²) in [5.41, 5.74) is 0.715. The molecule has 0 saturated heterocycles. The lowest BCUT2D eigenvalue weighted by atomic mass is 10.2. The number of carbonyl (C=O) groups is 1. The highest BCUT2D eigenvalue weighted by Gasteiger charge is 2.21.